The largest absolute Gasteiger partial charge is 0.392 e. The molecule has 1 rings (SSSR count). The van der Waals surface area contributed by atoms with Crippen molar-refractivity contribution in [2.45, 2.75) is 0 Å². The summed E-state index contributed by atoms with van der Waals surface area (Å²) in [5, 5.41) is 10.8. The molecule has 13 heavy (non-hydrogen) atoms. The number of rotatable bonds is 1. The molecule has 0 heterocycles. The number of halogens is 3. The molecule has 0 bridgehead atoms. The zero-order chi connectivity index (χ0) is 10.2. The molecule has 0 fully saturated rings. The Morgan fingerprint density at radius 3 is 2.54 bits per heavy atom. The highest BCUT2D eigenvalue weighted by Crippen LogP contribution is 2.40. The van der Waals surface area contributed by atoms with E-state index in [1.807, 2.05) is 0 Å². The first-order valence-corrected chi connectivity index (χ1v) is 4.99. The number of anilines is 1. The Morgan fingerprint density at radius 1 is 1.54 bits per heavy atom. The molecule has 4 nitrogen and oxygen atoms in total. The van der Waals surface area contributed by atoms with Crippen LogP contribution in [0, 0.1) is 10.1 Å². The third-order valence-corrected chi connectivity index (χ3v) is 3.67. The minimum absolute atomic E-state index is 0.0261. The van der Waals surface area contributed by atoms with Gasteiger partial charge in [-0.25, -0.2) is 0 Å². The number of nitro benzene ring substituents is 1. The molecule has 0 aliphatic heterocycles. The average molecular weight is 330 g/mol. The molecule has 0 aliphatic carbocycles. The molecule has 2 N–H and O–H groups in total. The second kappa shape index (κ2) is 3.81. The smallest absolute Gasteiger partial charge is 0.294 e. The third kappa shape index (κ3) is 1.95. The fraction of sp³-hybridized carbons (Fsp3) is 0. The van der Waals surface area contributed by atoms with Crippen molar-refractivity contribution in [1.29, 1.82) is 0 Å². The number of nitrogen functional groups attached to an aromatic ring is 1. The van der Waals surface area contributed by atoms with Crippen molar-refractivity contribution < 1.29 is 4.92 Å². The van der Waals surface area contributed by atoms with Crippen molar-refractivity contribution in [3.05, 3.63) is 30.1 Å². The van der Waals surface area contributed by atoms with E-state index in [0.29, 0.717) is 14.0 Å². The topological polar surface area (TPSA) is 69.2 Å². The van der Waals surface area contributed by atoms with Crippen molar-refractivity contribution in [2.24, 2.45) is 0 Å². The van der Waals surface area contributed by atoms with Crippen LogP contribution in [0.4, 0.5) is 11.4 Å². The van der Waals surface area contributed by atoms with Gasteiger partial charge in [0.1, 0.15) is 5.69 Å². The summed E-state index contributed by atoms with van der Waals surface area (Å²) in [5.41, 5.74) is 5.31. The molecule has 0 saturated carbocycles. The van der Waals surface area contributed by atoms with Gasteiger partial charge < -0.3 is 5.73 Å². The monoisotopic (exact) mass is 328 g/mol. The summed E-state index contributed by atoms with van der Waals surface area (Å²) in [4.78, 5) is 9.91. The number of hydrogen-bond acceptors (Lipinski definition) is 3. The lowest BCUT2D eigenvalue weighted by atomic mass is 10.3. The average Bonchev–Trinajstić information content (AvgIpc) is 2.07. The van der Waals surface area contributed by atoms with Crippen LogP contribution in [0.3, 0.4) is 0 Å². The van der Waals surface area contributed by atoms with Gasteiger partial charge in [0.15, 0.2) is 0 Å². The van der Waals surface area contributed by atoms with E-state index in [1.54, 1.807) is 0 Å². The first kappa shape index (κ1) is 10.7. The molecule has 0 atom stereocenters. The molecule has 70 valence electrons. The van der Waals surface area contributed by atoms with Crippen LogP contribution in [0.1, 0.15) is 0 Å². The fourth-order valence-corrected chi connectivity index (χ4v) is 2.00. The minimum atomic E-state index is -0.568. The lowest BCUT2D eigenvalue weighted by Gasteiger charge is -2.03. The van der Waals surface area contributed by atoms with Crippen molar-refractivity contribution in [3.63, 3.8) is 0 Å². The van der Waals surface area contributed by atoms with E-state index in [4.69, 9.17) is 17.3 Å². The van der Waals surface area contributed by atoms with Crippen LogP contribution in [0.2, 0.25) is 5.02 Å². The van der Waals surface area contributed by atoms with Gasteiger partial charge in [0, 0.05) is 10.5 Å². The maximum absolute atomic E-state index is 10.5. The third-order valence-electron chi connectivity index (χ3n) is 1.37. The first-order valence-electron chi connectivity index (χ1n) is 3.02. The summed E-state index contributed by atoms with van der Waals surface area (Å²) in [5.74, 6) is 0. The van der Waals surface area contributed by atoms with E-state index < -0.39 is 4.92 Å². The Hall–Kier alpha value is -0.330. The number of nitro groups is 1. The van der Waals surface area contributed by atoms with Gasteiger partial charge in [-0.1, -0.05) is 11.6 Å². The Kier molecular flexibility index (Phi) is 3.15. The van der Waals surface area contributed by atoms with E-state index in [1.165, 1.54) is 6.07 Å². The van der Waals surface area contributed by atoms with Gasteiger partial charge in [-0.15, -0.1) is 0 Å². The molecule has 0 spiro atoms. The molecule has 1 aromatic carbocycles. The standard InChI is InChI=1S/C6H3Br2ClN2O2/c7-2-1-3(11(12)13)6(10)4(8)5(2)9/h1H,10H2. The molecule has 0 aromatic heterocycles. The van der Waals surface area contributed by atoms with Gasteiger partial charge in [-0.05, 0) is 31.9 Å². The maximum atomic E-state index is 10.5. The highest BCUT2D eigenvalue weighted by atomic mass is 79.9. The molecule has 1 aromatic rings. The molecule has 7 heteroatoms. The molecular weight excluding hydrogens is 327 g/mol. The summed E-state index contributed by atoms with van der Waals surface area (Å²) >= 11 is 11.9. The second-order valence-corrected chi connectivity index (χ2v) is 4.20. The van der Waals surface area contributed by atoms with Crippen LogP contribution in [-0.4, -0.2) is 4.92 Å². The zero-order valence-corrected chi connectivity index (χ0v) is 9.98. The quantitative estimate of drug-likeness (QED) is 0.371. The lowest BCUT2D eigenvalue weighted by Crippen LogP contribution is -1.97. The number of nitrogens with zero attached hydrogens (tertiary/aromatic N) is 1. The van der Waals surface area contributed by atoms with Crippen molar-refractivity contribution in [2.75, 3.05) is 5.73 Å². The zero-order valence-electron chi connectivity index (χ0n) is 6.05. The summed E-state index contributed by atoms with van der Waals surface area (Å²) in [6.45, 7) is 0. The van der Waals surface area contributed by atoms with Crippen LogP contribution in [0.25, 0.3) is 0 Å². The van der Waals surface area contributed by atoms with E-state index in [9.17, 15) is 10.1 Å². The summed E-state index contributed by atoms with van der Waals surface area (Å²) in [7, 11) is 0. The lowest BCUT2D eigenvalue weighted by molar-refractivity contribution is -0.384. The Morgan fingerprint density at radius 2 is 2.08 bits per heavy atom. The van der Waals surface area contributed by atoms with Crippen molar-refractivity contribution in [1.82, 2.24) is 0 Å². The molecule has 0 aliphatic rings. The number of benzene rings is 1. The minimum Gasteiger partial charge on any atom is -0.392 e. The normalized spacial score (nSPS) is 10.1. The van der Waals surface area contributed by atoms with E-state index >= 15 is 0 Å². The molecular formula is C6H3Br2ClN2O2. The Balaban J connectivity index is 3.50. The van der Waals surface area contributed by atoms with Crippen LogP contribution < -0.4 is 5.73 Å². The predicted molar refractivity (Wildman–Crippen MR) is 57.9 cm³/mol. The summed E-state index contributed by atoms with van der Waals surface area (Å²) in [6.07, 6.45) is 0. The molecule has 0 saturated heterocycles. The molecule has 0 unspecified atom stereocenters. The van der Waals surface area contributed by atoms with Gasteiger partial charge in [-0.2, -0.15) is 0 Å². The summed E-state index contributed by atoms with van der Waals surface area (Å²) < 4.78 is 0.761. The fourth-order valence-electron chi connectivity index (χ4n) is 0.748. The van der Waals surface area contributed by atoms with Crippen LogP contribution >= 0.6 is 43.5 Å². The van der Waals surface area contributed by atoms with Gasteiger partial charge in [0.05, 0.1) is 14.4 Å². The summed E-state index contributed by atoms with van der Waals surface area (Å²) in [6, 6.07) is 1.27. The van der Waals surface area contributed by atoms with Gasteiger partial charge in [0.2, 0.25) is 0 Å². The van der Waals surface area contributed by atoms with Crippen LogP contribution in [-0.2, 0) is 0 Å². The number of nitrogens with two attached hydrogens (primary N) is 1. The molecule has 0 radical (unpaired) electrons. The Bertz CT molecular complexity index is 383. The predicted octanol–water partition coefficient (Wildman–Crippen LogP) is 3.36. The Labute approximate surface area is 95.5 Å². The van der Waals surface area contributed by atoms with Crippen molar-refractivity contribution >= 4 is 54.8 Å². The number of hydrogen-bond donors (Lipinski definition) is 1. The second-order valence-electron chi connectivity index (χ2n) is 2.18. The first-order chi connectivity index (χ1) is 5.95. The van der Waals surface area contributed by atoms with Crippen LogP contribution in [0.5, 0.6) is 0 Å². The molecule has 0 amide bonds. The van der Waals surface area contributed by atoms with Crippen LogP contribution in [0.15, 0.2) is 15.0 Å². The van der Waals surface area contributed by atoms with Gasteiger partial charge in [0.25, 0.3) is 5.69 Å². The van der Waals surface area contributed by atoms with E-state index in [0.717, 1.165) is 0 Å². The highest BCUT2D eigenvalue weighted by molar-refractivity contribution is 9.11. The maximum Gasteiger partial charge on any atom is 0.294 e. The van der Waals surface area contributed by atoms with Crippen molar-refractivity contribution in [3.8, 4) is 0 Å². The van der Waals surface area contributed by atoms with E-state index in [-0.39, 0.29) is 11.4 Å². The van der Waals surface area contributed by atoms with E-state index in [2.05, 4.69) is 31.9 Å². The highest BCUT2D eigenvalue weighted by Gasteiger charge is 2.18. The van der Waals surface area contributed by atoms with Gasteiger partial charge >= 0.3 is 0 Å². The van der Waals surface area contributed by atoms with Gasteiger partial charge in [-0.3, -0.25) is 10.1 Å². The SMILES string of the molecule is Nc1c([N+](=O)[O-])cc(Br)c(Cl)c1Br.